The maximum Gasteiger partial charge on any atom is 0.451 e. The predicted octanol–water partition coefficient (Wildman–Crippen LogP) is 2.54. The summed E-state index contributed by atoms with van der Waals surface area (Å²) in [6.45, 7) is 0.727. The van der Waals surface area contributed by atoms with Crippen molar-refractivity contribution in [1.29, 1.82) is 0 Å². The number of aromatic nitrogens is 3. The Labute approximate surface area is 151 Å². The van der Waals surface area contributed by atoms with E-state index in [1.807, 2.05) is 17.5 Å². The SMILES string of the molecule is Cn1c(C(F)(F)F)nn(C2CCN(C(=O)/C=C/c3cccs3)CC2)c1=O. The molecule has 0 atom stereocenters. The quantitative estimate of drug-likeness (QED) is 0.762. The molecule has 10 heteroatoms. The number of hydrogen-bond donors (Lipinski definition) is 0. The van der Waals surface area contributed by atoms with Gasteiger partial charge < -0.3 is 4.90 Å². The number of nitrogens with zero attached hydrogens (tertiary/aromatic N) is 4. The third-order valence-electron chi connectivity index (χ3n) is 4.31. The standard InChI is InChI=1S/C16H17F3N4O2S/c1-21-14(16(17,18)19)20-23(15(21)25)11-6-8-22(9-7-11)13(24)5-4-12-3-2-10-26-12/h2-5,10-11H,6-9H2,1H3/b5-4+. The van der Waals surface area contributed by atoms with Crippen LogP contribution in [0, 0.1) is 0 Å². The van der Waals surface area contributed by atoms with E-state index in [2.05, 4.69) is 5.10 Å². The van der Waals surface area contributed by atoms with Crippen molar-refractivity contribution in [2.75, 3.05) is 13.1 Å². The molecule has 1 aliphatic heterocycles. The van der Waals surface area contributed by atoms with Crippen LogP contribution in [0.2, 0.25) is 0 Å². The fourth-order valence-corrected chi connectivity index (χ4v) is 3.53. The minimum Gasteiger partial charge on any atom is -0.339 e. The van der Waals surface area contributed by atoms with Gasteiger partial charge in [-0.1, -0.05) is 6.07 Å². The van der Waals surface area contributed by atoms with Gasteiger partial charge in [-0.25, -0.2) is 9.48 Å². The zero-order chi connectivity index (χ0) is 18.9. The van der Waals surface area contributed by atoms with E-state index in [0.29, 0.717) is 30.5 Å². The van der Waals surface area contributed by atoms with Crippen molar-refractivity contribution in [3.63, 3.8) is 0 Å². The van der Waals surface area contributed by atoms with Crippen LogP contribution in [0.25, 0.3) is 6.08 Å². The van der Waals surface area contributed by atoms with Crippen LogP contribution in [0.15, 0.2) is 28.4 Å². The van der Waals surface area contributed by atoms with Crippen molar-refractivity contribution in [2.24, 2.45) is 7.05 Å². The molecule has 2 aromatic rings. The summed E-state index contributed by atoms with van der Waals surface area (Å²) >= 11 is 1.52. The van der Waals surface area contributed by atoms with E-state index >= 15 is 0 Å². The van der Waals surface area contributed by atoms with Crippen LogP contribution in [0.3, 0.4) is 0 Å². The molecule has 1 aliphatic rings. The summed E-state index contributed by atoms with van der Waals surface area (Å²) in [6, 6.07) is 3.34. The lowest BCUT2D eigenvalue weighted by molar-refractivity contribution is -0.147. The van der Waals surface area contributed by atoms with Crippen LogP contribution in [0.4, 0.5) is 13.2 Å². The third-order valence-corrected chi connectivity index (χ3v) is 5.15. The summed E-state index contributed by atoms with van der Waals surface area (Å²) in [5, 5.41) is 5.38. The van der Waals surface area contributed by atoms with E-state index in [9.17, 15) is 22.8 Å². The monoisotopic (exact) mass is 386 g/mol. The number of thiophene rings is 1. The molecule has 26 heavy (non-hydrogen) atoms. The molecule has 0 unspecified atom stereocenters. The van der Waals surface area contributed by atoms with E-state index in [0.717, 1.165) is 16.6 Å². The lowest BCUT2D eigenvalue weighted by Gasteiger charge is -2.30. The molecule has 0 aromatic carbocycles. The summed E-state index contributed by atoms with van der Waals surface area (Å²) < 4.78 is 40.1. The predicted molar refractivity (Wildman–Crippen MR) is 90.7 cm³/mol. The second kappa shape index (κ2) is 7.10. The summed E-state index contributed by atoms with van der Waals surface area (Å²) in [7, 11) is 1.06. The van der Waals surface area contributed by atoms with E-state index in [-0.39, 0.29) is 5.91 Å². The molecule has 2 aromatic heterocycles. The summed E-state index contributed by atoms with van der Waals surface area (Å²) in [6.07, 6.45) is -0.694. The van der Waals surface area contributed by atoms with Crippen LogP contribution in [0.5, 0.6) is 0 Å². The average Bonchev–Trinajstić information content (AvgIpc) is 3.22. The number of piperidine rings is 1. The highest BCUT2D eigenvalue weighted by atomic mass is 32.1. The van der Waals surface area contributed by atoms with Gasteiger partial charge in [-0.15, -0.1) is 16.4 Å². The van der Waals surface area contributed by atoms with E-state index in [4.69, 9.17) is 0 Å². The Bertz CT molecular complexity index is 859. The van der Waals surface area contributed by atoms with E-state index < -0.39 is 23.7 Å². The van der Waals surface area contributed by atoms with Gasteiger partial charge in [0.15, 0.2) is 0 Å². The number of carbonyl (C=O) groups is 1. The first kappa shape index (κ1) is 18.4. The van der Waals surface area contributed by atoms with Crippen molar-refractivity contribution in [3.05, 3.63) is 44.8 Å². The van der Waals surface area contributed by atoms with Gasteiger partial charge in [-0.2, -0.15) is 13.2 Å². The normalized spacial score (nSPS) is 16.5. The average molecular weight is 386 g/mol. The van der Waals surface area contributed by atoms with Crippen molar-refractivity contribution in [1.82, 2.24) is 19.2 Å². The Morgan fingerprint density at radius 3 is 2.58 bits per heavy atom. The van der Waals surface area contributed by atoms with Gasteiger partial charge >= 0.3 is 11.9 Å². The Morgan fingerprint density at radius 1 is 1.35 bits per heavy atom. The highest BCUT2D eigenvalue weighted by Gasteiger charge is 2.39. The topological polar surface area (TPSA) is 60.1 Å². The van der Waals surface area contributed by atoms with Crippen LogP contribution >= 0.6 is 11.3 Å². The van der Waals surface area contributed by atoms with Crippen molar-refractivity contribution in [3.8, 4) is 0 Å². The second-order valence-electron chi connectivity index (χ2n) is 6.01. The molecule has 1 fully saturated rings. The Kier molecular flexibility index (Phi) is 5.03. The highest BCUT2D eigenvalue weighted by Crippen LogP contribution is 2.28. The number of carbonyl (C=O) groups excluding carboxylic acids is 1. The van der Waals surface area contributed by atoms with Crippen molar-refractivity contribution < 1.29 is 18.0 Å². The first-order valence-electron chi connectivity index (χ1n) is 8.00. The fourth-order valence-electron chi connectivity index (χ4n) is 2.92. The summed E-state index contributed by atoms with van der Waals surface area (Å²) in [4.78, 5) is 26.8. The molecular formula is C16H17F3N4O2S. The Balaban J connectivity index is 1.66. The maximum absolute atomic E-state index is 12.9. The van der Waals surface area contributed by atoms with Crippen LogP contribution in [0.1, 0.15) is 29.6 Å². The molecular weight excluding hydrogens is 369 g/mol. The molecule has 1 saturated heterocycles. The smallest absolute Gasteiger partial charge is 0.339 e. The van der Waals surface area contributed by atoms with Gasteiger partial charge in [0.05, 0.1) is 6.04 Å². The van der Waals surface area contributed by atoms with Gasteiger partial charge in [0, 0.05) is 31.1 Å². The molecule has 1 amide bonds. The first-order chi connectivity index (χ1) is 12.3. The molecule has 140 valence electrons. The molecule has 3 rings (SSSR count). The lowest BCUT2D eigenvalue weighted by Crippen LogP contribution is -2.40. The van der Waals surface area contributed by atoms with E-state index in [1.54, 1.807) is 11.0 Å². The lowest BCUT2D eigenvalue weighted by atomic mass is 10.1. The minimum absolute atomic E-state index is 0.152. The molecule has 0 saturated carbocycles. The molecule has 6 nitrogen and oxygen atoms in total. The van der Waals surface area contributed by atoms with Gasteiger partial charge in [0.2, 0.25) is 11.7 Å². The fraction of sp³-hybridized carbons (Fsp3) is 0.438. The number of halogens is 3. The van der Waals surface area contributed by atoms with Crippen molar-refractivity contribution in [2.45, 2.75) is 25.1 Å². The summed E-state index contributed by atoms with van der Waals surface area (Å²) in [5.74, 6) is -1.36. The Morgan fingerprint density at radius 2 is 2.04 bits per heavy atom. The van der Waals surface area contributed by atoms with E-state index in [1.165, 1.54) is 17.4 Å². The first-order valence-corrected chi connectivity index (χ1v) is 8.88. The van der Waals surface area contributed by atoms with Gasteiger partial charge in [0.25, 0.3) is 0 Å². The molecule has 0 bridgehead atoms. The van der Waals surface area contributed by atoms with Gasteiger partial charge in [-0.3, -0.25) is 9.36 Å². The number of rotatable bonds is 3. The van der Waals surface area contributed by atoms with Crippen LogP contribution in [-0.4, -0.2) is 38.2 Å². The molecule has 3 heterocycles. The zero-order valence-electron chi connectivity index (χ0n) is 13.9. The molecule has 0 aliphatic carbocycles. The molecule has 0 spiro atoms. The molecule has 0 N–H and O–H groups in total. The number of amides is 1. The number of hydrogen-bond acceptors (Lipinski definition) is 4. The van der Waals surface area contributed by atoms with Crippen LogP contribution < -0.4 is 5.69 Å². The minimum atomic E-state index is -4.68. The van der Waals surface area contributed by atoms with Gasteiger partial charge in [0.1, 0.15) is 0 Å². The second-order valence-corrected chi connectivity index (χ2v) is 6.99. The maximum atomic E-state index is 12.9. The zero-order valence-corrected chi connectivity index (χ0v) is 14.8. The Hall–Kier alpha value is -2.36. The molecule has 0 radical (unpaired) electrons. The van der Waals surface area contributed by atoms with Gasteiger partial charge in [-0.05, 0) is 30.4 Å². The number of alkyl halides is 3. The van der Waals surface area contributed by atoms with Crippen molar-refractivity contribution >= 4 is 23.3 Å². The highest BCUT2D eigenvalue weighted by molar-refractivity contribution is 7.10. The number of likely N-dealkylation sites (tertiary alicyclic amines) is 1. The summed E-state index contributed by atoms with van der Waals surface area (Å²) in [5.41, 5.74) is -0.792. The third kappa shape index (κ3) is 3.74. The largest absolute Gasteiger partial charge is 0.451 e. The van der Waals surface area contributed by atoms with Crippen LogP contribution in [-0.2, 0) is 18.0 Å².